The molecule has 0 bridgehead atoms. The minimum absolute atomic E-state index is 0.320. The number of nitriles is 1. The fourth-order valence-electron chi connectivity index (χ4n) is 2.29. The summed E-state index contributed by atoms with van der Waals surface area (Å²) in [6.45, 7) is 1.90. The maximum atomic E-state index is 12.5. The van der Waals surface area contributed by atoms with Crippen molar-refractivity contribution in [1.82, 2.24) is 5.32 Å². The van der Waals surface area contributed by atoms with Crippen molar-refractivity contribution in [3.05, 3.63) is 59.2 Å². The number of nitrogens with one attached hydrogen (secondary N) is 1. The number of ether oxygens (including phenoxy) is 2. The van der Waals surface area contributed by atoms with E-state index in [1.807, 2.05) is 31.2 Å². The molecule has 1 atom stereocenters. The third-order valence-electron chi connectivity index (χ3n) is 3.56. The van der Waals surface area contributed by atoms with Crippen LogP contribution in [-0.2, 0) is 0 Å². The Labute approximate surface area is 135 Å². The van der Waals surface area contributed by atoms with Gasteiger partial charge in [-0.3, -0.25) is 4.79 Å². The predicted molar refractivity (Wildman–Crippen MR) is 86.5 cm³/mol. The van der Waals surface area contributed by atoms with Crippen LogP contribution in [0.1, 0.15) is 27.5 Å². The molecule has 0 unspecified atom stereocenters. The van der Waals surface area contributed by atoms with E-state index in [1.54, 1.807) is 18.2 Å². The quantitative estimate of drug-likeness (QED) is 0.921. The standard InChI is InChI=1S/C18H18N2O3/c1-12-6-4-5-7-14(12)16(11-19)20-18(21)15-10-13(22-2)8-9-17(15)23-3/h4-10,16H,1-3H3,(H,20,21)/t16-/m0/s1. The van der Waals surface area contributed by atoms with E-state index in [2.05, 4.69) is 11.4 Å². The Morgan fingerprint density at radius 3 is 2.52 bits per heavy atom. The van der Waals surface area contributed by atoms with Crippen molar-refractivity contribution < 1.29 is 14.3 Å². The molecule has 5 heteroatoms. The van der Waals surface area contributed by atoms with Gasteiger partial charge in [-0.2, -0.15) is 5.26 Å². The van der Waals surface area contributed by atoms with E-state index < -0.39 is 11.9 Å². The topological polar surface area (TPSA) is 71.3 Å². The van der Waals surface area contributed by atoms with E-state index in [0.29, 0.717) is 17.1 Å². The Kier molecular flexibility index (Phi) is 5.21. The van der Waals surface area contributed by atoms with Crippen LogP contribution in [0, 0.1) is 18.3 Å². The lowest BCUT2D eigenvalue weighted by Gasteiger charge is -2.16. The zero-order chi connectivity index (χ0) is 16.8. The molecule has 0 aliphatic rings. The number of rotatable bonds is 5. The fourth-order valence-corrected chi connectivity index (χ4v) is 2.29. The molecule has 0 spiro atoms. The molecule has 2 aromatic carbocycles. The van der Waals surface area contributed by atoms with E-state index in [1.165, 1.54) is 14.2 Å². The van der Waals surface area contributed by atoms with Crippen molar-refractivity contribution in [1.29, 1.82) is 5.26 Å². The van der Waals surface area contributed by atoms with Crippen LogP contribution in [0.4, 0.5) is 0 Å². The number of hydrogen-bond acceptors (Lipinski definition) is 4. The van der Waals surface area contributed by atoms with Crippen molar-refractivity contribution in [2.75, 3.05) is 14.2 Å². The third-order valence-corrected chi connectivity index (χ3v) is 3.56. The second-order valence-electron chi connectivity index (χ2n) is 4.96. The first-order valence-corrected chi connectivity index (χ1v) is 7.08. The summed E-state index contributed by atoms with van der Waals surface area (Å²) in [5.41, 5.74) is 2.03. The lowest BCUT2D eigenvalue weighted by Crippen LogP contribution is -2.28. The van der Waals surface area contributed by atoms with Crippen LogP contribution >= 0.6 is 0 Å². The van der Waals surface area contributed by atoms with Gasteiger partial charge in [-0.15, -0.1) is 0 Å². The Morgan fingerprint density at radius 2 is 1.91 bits per heavy atom. The highest BCUT2D eigenvalue weighted by Crippen LogP contribution is 2.25. The molecule has 0 aromatic heterocycles. The molecule has 0 heterocycles. The summed E-state index contributed by atoms with van der Waals surface area (Å²) in [7, 11) is 3.01. The van der Waals surface area contributed by atoms with E-state index >= 15 is 0 Å². The van der Waals surface area contributed by atoms with Gasteiger partial charge in [0.05, 0.1) is 25.9 Å². The lowest BCUT2D eigenvalue weighted by atomic mass is 10.0. The van der Waals surface area contributed by atoms with Gasteiger partial charge >= 0.3 is 0 Å². The number of methoxy groups -OCH3 is 2. The smallest absolute Gasteiger partial charge is 0.256 e. The summed E-state index contributed by atoms with van der Waals surface area (Å²) in [5, 5.41) is 12.1. The highest BCUT2D eigenvalue weighted by Gasteiger charge is 2.19. The molecule has 0 radical (unpaired) electrons. The lowest BCUT2D eigenvalue weighted by molar-refractivity contribution is 0.0941. The molecule has 0 fully saturated rings. The van der Waals surface area contributed by atoms with Crippen molar-refractivity contribution in [2.45, 2.75) is 13.0 Å². The number of hydrogen-bond donors (Lipinski definition) is 1. The SMILES string of the molecule is COc1ccc(OC)c(C(=O)N[C@@H](C#N)c2ccccc2C)c1. The average Bonchev–Trinajstić information content (AvgIpc) is 2.59. The minimum Gasteiger partial charge on any atom is -0.497 e. The number of carbonyl (C=O) groups excluding carboxylic acids is 1. The fraction of sp³-hybridized carbons (Fsp3) is 0.222. The summed E-state index contributed by atoms with van der Waals surface area (Å²) in [6.07, 6.45) is 0. The molecular weight excluding hydrogens is 292 g/mol. The van der Waals surface area contributed by atoms with Crippen LogP contribution in [0.25, 0.3) is 0 Å². The van der Waals surface area contributed by atoms with Gasteiger partial charge in [-0.05, 0) is 36.2 Å². The van der Waals surface area contributed by atoms with Gasteiger partial charge in [0.1, 0.15) is 17.5 Å². The summed E-state index contributed by atoms with van der Waals surface area (Å²) >= 11 is 0. The molecule has 1 N–H and O–H groups in total. The first-order valence-electron chi connectivity index (χ1n) is 7.08. The molecule has 2 rings (SSSR count). The van der Waals surface area contributed by atoms with Crippen molar-refractivity contribution in [3.8, 4) is 17.6 Å². The van der Waals surface area contributed by atoms with Gasteiger partial charge in [0, 0.05) is 0 Å². The molecule has 0 saturated heterocycles. The number of aryl methyl sites for hydroxylation is 1. The van der Waals surface area contributed by atoms with Gasteiger partial charge < -0.3 is 14.8 Å². The molecule has 2 aromatic rings. The number of amides is 1. The second-order valence-corrected chi connectivity index (χ2v) is 4.96. The van der Waals surface area contributed by atoms with Crippen LogP contribution < -0.4 is 14.8 Å². The predicted octanol–water partition coefficient (Wildman–Crippen LogP) is 3.01. The normalized spacial score (nSPS) is 11.2. The van der Waals surface area contributed by atoms with Crippen LogP contribution in [0.3, 0.4) is 0 Å². The number of nitrogens with zero attached hydrogens (tertiary/aromatic N) is 1. The highest BCUT2D eigenvalue weighted by molar-refractivity contribution is 5.97. The molecule has 0 aliphatic carbocycles. The summed E-state index contributed by atoms with van der Waals surface area (Å²) in [6, 6.07) is 13.8. The number of benzene rings is 2. The Morgan fingerprint density at radius 1 is 1.17 bits per heavy atom. The average molecular weight is 310 g/mol. The van der Waals surface area contributed by atoms with Crippen molar-refractivity contribution in [2.24, 2.45) is 0 Å². The molecular formula is C18H18N2O3. The van der Waals surface area contributed by atoms with Crippen LogP contribution in [0.2, 0.25) is 0 Å². The first kappa shape index (κ1) is 16.4. The van der Waals surface area contributed by atoms with Crippen LogP contribution in [0.15, 0.2) is 42.5 Å². The van der Waals surface area contributed by atoms with Gasteiger partial charge in [0.15, 0.2) is 0 Å². The molecule has 118 valence electrons. The monoisotopic (exact) mass is 310 g/mol. The van der Waals surface area contributed by atoms with Crippen molar-refractivity contribution >= 4 is 5.91 Å². The Bertz CT molecular complexity index is 750. The Balaban J connectivity index is 2.31. The maximum absolute atomic E-state index is 12.5. The van der Waals surface area contributed by atoms with Crippen LogP contribution in [-0.4, -0.2) is 20.1 Å². The summed E-state index contributed by atoms with van der Waals surface area (Å²) < 4.78 is 10.4. The van der Waals surface area contributed by atoms with E-state index in [4.69, 9.17) is 9.47 Å². The van der Waals surface area contributed by atoms with E-state index in [-0.39, 0.29) is 0 Å². The van der Waals surface area contributed by atoms with Crippen LogP contribution in [0.5, 0.6) is 11.5 Å². The minimum atomic E-state index is -0.736. The Hall–Kier alpha value is -3.00. The summed E-state index contributed by atoms with van der Waals surface area (Å²) in [4.78, 5) is 12.5. The second kappa shape index (κ2) is 7.32. The van der Waals surface area contributed by atoms with Gasteiger partial charge in [-0.1, -0.05) is 24.3 Å². The summed E-state index contributed by atoms with van der Waals surface area (Å²) in [5.74, 6) is 0.570. The van der Waals surface area contributed by atoms with Crippen molar-refractivity contribution in [3.63, 3.8) is 0 Å². The molecule has 0 saturated carbocycles. The van der Waals surface area contributed by atoms with Gasteiger partial charge in [0.2, 0.25) is 0 Å². The largest absolute Gasteiger partial charge is 0.497 e. The molecule has 0 aliphatic heterocycles. The zero-order valence-electron chi connectivity index (χ0n) is 13.3. The number of carbonyl (C=O) groups is 1. The molecule has 1 amide bonds. The van der Waals surface area contributed by atoms with Gasteiger partial charge in [-0.25, -0.2) is 0 Å². The zero-order valence-corrected chi connectivity index (χ0v) is 13.3. The van der Waals surface area contributed by atoms with Gasteiger partial charge in [0.25, 0.3) is 5.91 Å². The first-order chi connectivity index (χ1) is 11.1. The molecule has 23 heavy (non-hydrogen) atoms. The maximum Gasteiger partial charge on any atom is 0.256 e. The third kappa shape index (κ3) is 3.61. The highest BCUT2D eigenvalue weighted by atomic mass is 16.5. The van der Waals surface area contributed by atoms with E-state index in [9.17, 15) is 10.1 Å². The molecule has 5 nitrogen and oxygen atoms in total. The van der Waals surface area contributed by atoms with E-state index in [0.717, 1.165) is 11.1 Å².